The molecule has 2 unspecified atom stereocenters. The van der Waals surface area contributed by atoms with Crippen LogP contribution in [0, 0.1) is 22.5 Å². The van der Waals surface area contributed by atoms with Gasteiger partial charge in [0, 0.05) is 50.9 Å². The number of hydrogen-bond donors (Lipinski definition) is 1. The number of nitro benzene ring substituents is 1. The average molecular weight is 530 g/mol. The number of anilines is 1. The molecule has 188 valence electrons. The molecule has 2 aromatic carbocycles. The lowest BCUT2D eigenvalue weighted by Gasteiger charge is -2.55. The summed E-state index contributed by atoms with van der Waals surface area (Å²) in [4.78, 5) is 41.2. The fraction of sp³-hybridized carbons (Fsp3) is 0.348. The van der Waals surface area contributed by atoms with E-state index in [2.05, 4.69) is 5.32 Å². The van der Waals surface area contributed by atoms with Gasteiger partial charge in [-0.05, 0) is 42.9 Å². The van der Waals surface area contributed by atoms with Crippen LogP contribution in [0.1, 0.15) is 11.1 Å². The number of piperazine rings is 1. The van der Waals surface area contributed by atoms with E-state index in [0.29, 0.717) is 11.3 Å². The number of non-ortho nitro benzene ring substituents is 1. The van der Waals surface area contributed by atoms with Gasteiger partial charge < -0.3 is 10.2 Å². The molecule has 0 aromatic heterocycles. The first kappa shape index (κ1) is 24.3. The first-order valence-electron chi connectivity index (χ1n) is 11.2. The van der Waals surface area contributed by atoms with Crippen molar-refractivity contribution in [3.63, 3.8) is 0 Å². The number of benzene rings is 2. The van der Waals surface area contributed by atoms with E-state index >= 15 is 0 Å². The molecule has 11 nitrogen and oxygen atoms in total. The summed E-state index contributed by atoms with van der Waals surface area (Å²) in [5.41, 5.74) is 0.149. The SMILES string of the molecule is Cc1ccc(S(=O)(=O)N2CCN3c4ccc([N+](=O)[O-])cc4CC4(C(=O)NC(=S)N(C)C4=O)C3C2)cc1. The Kier molecular flexibility index (Phi) is 5.61. The summed E-state index contributed by atoms with van der Waals surface area (Å²) >= 11 is 5.14. The molecule has 36 heavy (non-hydrogen) atoms. The molecule has 1 spiro atoms. The summed E-state index contributed by atoms with van der Waals surface area (Å²) in [6.07, 6.45) is -0.124. The number of aryl methyl sites for hydroxylation is 1. The standard InChI is InChI=1S/C23H23N5O6S2/c1-14-3-6-17(7-4-14)36(33,34)26-9-10-27-18-8-5-16(28(31)32)11-15(18)12-23(19(27)13-26)20(29)24-22(35)25(2)21(23)30/h3-8,11,19H,9-10,12-13H2,1-2H3,(H,24,29,35). The van der Waals surface area contributed by atoms with Crippen LogP contribution in [0.5, 0.6) is 0 Å². The summed E-state index contributed by atoms with van der Waals surface area (Å²) in [6, 6.07) is 9.98. The lowest BCUT2D eigenvalue weighted by Crippen LogP contribution is -2.74. The first-order valence-corrected chi connectivity index (χ1v) is 13.1. The van der Waals surface area contributed by atoms with E-state index in [-0.39, 0.29) is 41.8 Å². The number of rotatable bonds is 3. The van der Waals surface area contributed by atoms with Gasteiger partial charge in [0.05, 0.1) is 15.9 Å². The molecule has 2 fully saturated rings. The lowest BCUT2D eigenvalue weighted by molar-refractivity contribution is -0.384. The Balaban J connectivity index is 1.63. The number of carbonyl (C=O) groups is 2. The second-order valence-electron chi connectivity index (χ2n) is 9.23. The predicted octanol–water partition coefficient (Wildman–Crippen LogP) is 1.20. The fourth-order valence-electron chi connectivity index (χ4n) is 5.30. The zero-order valence-corrected chi connectivity index (χ0v) is 21.1. The third kappa shape index (κ3) is 3.49. The van der Waals surface area contributed by atoms with Crippen LogP contribution in [0.3, 0.4) is 0 Å². The highest BCUT2D eigenvalue weighted by atomic mass is 32.2. The molecule has 0 aliphatic carbocycles. The number of sulfonamides is 1. The van der Waals surface area contributed by atoms with Crippen molar-refractivity contribution in [2.24, 2.45) is 5.41 Å². The van der Waals surface area contributed by atoms with Crippen LogP contribution in [-0.4, -0.2) is 72.2 Å². The van der Waals surface area contributed by atoms with Crippen molar-refractivity contribution < 1.29 is 22.9 Å². The van der Waals surface area contributed by atoms with E-state index in [1.54, 1.807) is 18.2 Å². The minimum Gasteiger partial charge on any atom is -0.364 e. The molecular formula is C23H23N5O6S2. The molecule has 1 N–H and O–H groups in total. The van der Waals surface area contributed by atoms with Crippen molar-refractivity contribution in [1.82, 2.24) is 14.5 Å². The van der Waals surface area contributed by atoms with Crippen LogP contribution in [0.4, 0.5) is 11.4 Å². The molecule has 2 atom stereocenters. The summed E-state index contributed by atoms with van der Waals surface area (Å²) < 4.78 is 28.3. The smallest absolute Gasteiger partial charge is 0.269 e. The van der Waals surface area contributed by atoms with Crippen molar-refractivity contribution in [2.45, 2.75) is 24.3 Å². The predicted molar refractivity (Wildman–Crippen MR) is 134 cm³/mol. The number of carbonyl (C=O) groups excluding carboxylic acids is 2. The molecule has 0 bridgehead atoms. The van der Waals surface area contributed by atoms with Crippen molar-refractivity contribution in [2.75, 3.05) is 31.6 Å². The van der Waals surface area contributed by atoms with Gasteiger partial charge in [0.1, 0.15) is 0 Å². The quantitative estimate of drug-likeness (QED) is 0.271. The summed E-state index contributed by atoms with van der Waals surface area (Å²) in [7, 11) is -2.46. The number of fused-ring (bicyclic) bond motifs is 4. The maximum absolute atomic E-state index is 13.7. The Bertz CT molecular complexity index is 1430. The Morgan fingerprint density at radius 2 is 1.83 bits per heavy atom. The van der Waals surface area contributed by atoms with E-state index in [0.717, 1.165) is 5.56 Å². The molecule has 2 aromatic rings. The zero-order chi connectivity index (χ0) is 26.0. The molecular weight excluding hydrogens is 506 g/mol. The highest BCUT2D eigenvalue weighted by Gasteiger charge is 2.62. The Labute approximate surface area is 212 Å². The topological polar surface area (TPSA) is 133 Å². The third-order valence-corrected chi connectivity index (χ3v) is 9.50. The maximum atomic E-state index is 13.7. The summed E-state index contributed by atoms with van der Waals surface area (Å²) in [5, 5.41) is 13.9. The molecule has 3 heterocycles. The van der Waals surface area contributed by atoms with Gasteiger partial charge in [-0.25, -0.2) is 8.42 Å². The van der Waals surface area contributed by atoms with Gasteiger partial charge in [-0.1, -0.05) is 17.7 Å². The van der Waals surface area contributed by atoms with Crippen LogP contribution < -0.4 is 10.2 Å². The monoisotopic (exact) mass is 529 g/mol. The Morgan fingerprint density at radius 3 is 2.50 bits per heavy atom. The van der Waals surface area contributed by atoms with Gasteiger partial charge in [0.25, 0.3) is 5.69 Å². The lowest BCUT2D eigenvalue weighted by atomic mass is 9.68. The summed E-state index contributed by atoms with van der Waals surface area (Å²) in [5.74, 6) is -1.21. The van der Waals surface area contributed by atoms with E-state index < -0.39 is 38.2 Å². The molecule has 5 rings (SSSR count). The van der Waals surface area contributed by atoms with Crippen molar-refractivity contribution in [3.05, 3.63) is 63.7 Å². The first-order chi connectivity index (χ1) is 17.0. The van der Waals surface area contributed by atoms with Gasteiger partial charge in [-0.2, -0.15) is 4.31 Å². The summed E-state index contributed by atoms with van der Waals surface area (Å²) in [6.45, 7) is 2.05. The second kappa shape index (κ2) is 8.32. The van der Waals surface area contributed by atoms with Crippen LogP contribution in [0.15, 0.2) is 47.4 Å². The van der Waals surface area contributed by atoms with Crippen LogP contribution in [0.2, 0.25) is 0 Å². The highest BCUT2D eigenvalue weighted by molar-refractivity contribution is 7.89. The van der Waals surface area contributed by atoms with Gasteiger partial charge in [0.15, 0.2) is 10.5 Å². The van der Waals surface area contributed by atoms with Crippen molar-refractivity contribution >= 4 is 50.5 Å². The van der Waals surface area contributed by atoms with Gasteiger partial charge in [0.2, 0.25) is 21.8 Å². The zero-order valence-electron chi connectivity index (χ0n) is 19.5. The molecule has 13 heteroatoms. The van der Waals surface area contributed by atoms with Crippen molar-refractivity contribution in [1.29, 1.82) is 0 Å². The molecule has 3 aliphatic rings. The highest BCUT2D eigenvalue weighted by Crippen LogP contribution is 2.46. The molecule has 2 saturated heterocycles. The van der Waals surface area contributed by atoms with Gasteiger partial charge >= 0.3 is 0 Å². The average Bonchev–Trinajstić information content (AvgIpc) is 2.85. The van der Waals surface area contributed by atoms with Gasteiger partial charge in [-0.3, -0.25) is 24.6 Å². The maximum Gasteiger partial charge on any atom is 0.269 e. The third-order valence-electron chi connectivity index (χ3n) is 7.24. The van der Waals surface area contributed by atoms with E-state index in [1.165, 1.54) is 40.5 Å². The van der Waals surface area contributed by atoms with E-state index in [4.69, 9.17) is 12.2 Å². The van der Waals surface area contributed by atoms with Crippen molar-refractivity contribution in [3.8, 4) is 0 Å². The number of nitro groups is 1. The minimum absolute atomic E-state index is 0.0491. The molecule has 3 aliphatic heterocycles. The fourth-order valence-corrected chi connectivity index (χ4v) is 6.92. The van der Waals surface area contributed by atoms with Crippen LogP contribution in [0.25, 0.3) is 0 Å². The Hall–Kier alpha value is -3.42. The van der Waals surface area contributed by atoms with Gasteiger partial charge in [-0.15, -0.1) is 0 Å². The number of thiocarbonyl (C=S) groups is 1. The Morgan fingerprint density at radius 1 is 1.14 bits per heavy atom. The number of nitrogens with one attached hydrogen (secondary N) is 1. The largest absolute Gasteiger partial charge is 0.364 e. The second-order valence-corrected chi connectivity index (χ2v) is 11.6. The molecule has 0 radical (unpaired) electrons. The van der Waals surface area contributed by atoms with Crippen LogP contribution in [-0.2, 0) is 26.0 Å². The van der Waals surface area contributed by atoms with E-state index in [9.17, 15) is 28.1 Å². The normalized spacial score (nSPS) is 24.4. The minimum atomic E-state index is -3.90. The van der Waals surface area contributed by atoms with Crippen LogP contribution >= 0.6 is 12.2 Å². The number of hydrogen-bond acceptors (Lipinski definition) is 8. The molecule has 0 saturated carbocycles. The molecule has 2 amide bonds. The number of nitrogens with zero attached hydrogens (tertiary/aromatic N) is 4. The van der Waals surface area contributed by atoms with E-state index in [1.807, 2.05) is 11.8 Å². The number of amides is 2.